The lowest BCUT2D eigenvalue weighted by atomic mass is 10.2. The van der Waals surface area contributed by atoms with Gasteiger partial charge in [0.1, 0.15) is 5.01 Å². The number of thiazole rings is 1. The Labute approximate surface area is 175 Å². The van der Waals surface area contributed by atoms with Gasteiger partial charge in [-0.2, -0.15) is 0 Å². The summed E-state index contributed by atoms with van der Waals surface area (Å²) in [4.78, 5) is 47.5. The number of nitrogens with zero attached hydrogens (tertiary/aromatic N) is 6. The number of aromatic nitrogens is 5. The van der Waals surface area contributed by atoms with Gasteiger partial charge in [0.2, 0.25) is 5.91 Å². The summed E-state index contributed by atoms with van der Waals surface area (Å²) in [5, 5.41) is 0.900. The first kappa shape index (κ1) is 20.0. The maximum absolute atomic E-state index is 12.5. The third-order valence-electron chi connectivity index (χ3n) is 5.14. The zero-order chi connectivity index (χ0) is 21.4. The average molecular weight is 427 g/mol. The second-order valence-electron chi connectivity index (χ2n) is 7.24. The predicted octanol–water partition coefficient (Wildman–Crippen LogP) is 1.48. The number of para-hydroxylation sites is 1. The molecule has 0 N–H and O–H groups in total. The van der Waals surface area contributed by atoms with Crippen LogP contribution in [0.2, 0.25) is 0 Å². The molecule has 0 aliphatic heterocycles. The summed E-state index contributed by atoms with van der Waals surface area (Å²) in [5.41, 5.74) is 0.868. The van der Waals surface area contributed by atoms with Crippen LogP contribution in [0.25, 0.3) is 21.4 Å². The highest BCUT2D eigenvalue weighted by atomic mass is 32.1. The van der Waals surface area contributed by atoms with Crippen molar-refractivity contribution in [1.29, 1.82) is 0 Å². The van der Waals surface area contributed by atoms with E-state index in [9.17, 15) is 14.4 Å². The topological polar surface area (TPSA) is 95.0 Å². The monoisotopic (exact) mass is 426 g/mol. The summed E-state index contributed by atoms with van der Waals surface area (Å²) in [6.45, 7) is 0.930. The molecule has 0 fully saturated rings. The third kappa shape index (κ3) is 3.54. The number of carbonyl (C=O) groups is 1. The van der Waals surface area contributed by atoms with Gasteiger partial charge in [-0.25, -0.2) is 14.8 Å². The van der Waals surface area contributed by atoms with Gasteiger partial charge >= 0.3 is 5.69 Å². The Balaban J connectivity index is 1.41. The molecule has 10 heteroatoms. The molecule has 156 valence electrons. The summed E-state index contributed by atoms with van der Waals surface area (Å²) in [6.07, 6.45) is 2.44. The van der Waals surface area contributed by atoms with Crippen molar-refractivity contribution in [2.24, 2.45) is 14.1 Å². The van der Waals surface area contributed by atoms with Gasteiger partial charge in [0.25, 0.3) is 5.56 Å². The lowest BCUT2D eigenvalue weighted by Gasteiger charge is -2.15. The number of aryl methyl sites for hydroxylation is 2. The van der Waals surface area contributed by atoms with Crippen LogP contribution in [-0.4, -0.2) is 41.5 Å². The number of imidazole rings is 1. The van der Waals surface area contributed by atoms with E-state index >= 15 is 0 Å². The number of hydrogen-bond donors (Lipinski definition) is 0. The van der Waals surface area contributed by atoms with Crippen molar-refractivity contribution in [1.82, 2.24) is 28.6 Å². The van der Waals surface area contributed by atoms with Crippen molar-refractivity contribution in [3.63, 3.8) is 0 Å². The molecule has 0 aliphatic carbocycles. The normalized spacial score (nSPS) is 11.4. The molecule has 4 rings (SSSR count). The van der Waals surface area contributed by atoms with Gasteiger partial charge in [-0.1, -0.05) is 12.1 Å². The molecular formula is C20H22N6O3S. The van der Waals surface area contributed by atoms with Gasteiger partial charge in [-0.05, 0) is 18.6 Å². The summed E-state index contributed by atoms with van der Waals surface area (Å²) >= 11 is 1.59. The van der Waals surface area contributed by atoms with Gasteiger partial charge in [0.15, 0.2) is 11.2 Å². The fraction of sp³-hybridized carbons (Fsp3) is 0.350. The fourth-order valence-electron chi connectivity index (χ4n) is 3.44. The Bertz CT molecular complexity index is 1330. The molecule has 4 aromatic rings. The molecule has 0 bridgehead atoms. The maximum Gasteiger partial charge on any atom is 0.332 e. The first-order valence-electron chi connectivity index (χ1n) is 9.56. The summed E-state index contributed by atoms with van der Waals surface area (Å²) in [6, 6.07) is 7.91. The zero-order valence-corrected chi connectivity index (χ0v) is 17.8. The zero-order valence-electron chi connectivity index (χ0n) is 17.0. The van der Waals surface area contributed by atoms with Crippen molar-refractivity contribution >= 4 is 38.6 Å². The SMILES string of the molecule is CN(Cc1nc2ccccc2s1)C(=O)CCCn1cnc2c1c(=O)n(C)c(=O)n2C. The van der Waals surface area contributed by atoms with Gasteiger partial charge in [-0.3, -0.25) is 18.7 Å². The van der Waals surface area contributed by atoms with E-state index in [4.69, 9.17) is 0 Å². The van der Waals surface area contributed by atoms with Gasteiger partial charge in [0, 0.05) is 34.1 Å². The lowest BCUT2D eigenvalue weighted by molar-refractivity contribution is -0.130. The molecule has 0 saturated carbocycles. The molecule has 0 saturated heterocycles. The molecule has 1 amide bonds. The maximum atomic E-state index is 12.5. The smallest absolute Gasteiger partial charge is 0.332 e. The number of carbonyl (C=O) groups excluding carboxylic acids is 1. The van der Waals surface area contributed by atoms with E-state index in [1.54, 1.807) is 41.2 Å². The van der Waals surface area contributed by atoms with Gasteiger partial charge in [-0.15, -0.1) is 11.3 Å². The summed E-state index contributed by atoms with van der Waals surface area (Å²) in [7, 11) is 4.80. The van der Waals surface area contributed by atoms with Crippen LogP contribution in [0, 0.1) is 0 Å². The van der Waals surface area contributed by atoms with Gasteiger partial charge < -0.3 is 9.47 Å². The second-order valence-corrected chi connectivity index (χ2v) is 8.36. The number of fused-ring (bicyclic) bond motifs is 2. The van der Waals surface area contributed by atoms with Crippen LogP contribution >= 0.6 is 11.3 Å². The van der Waals surface area contributed by atoms with E-state index in [-0.39, 0.29) is 11.5 Å². The number of hydrogen-bond acceptors (Lipinski definition) is 6. The number of rotatable bonds is 6. The minimum absolute atomic E-state index is 0.0129. The van der Waals surface area contributed by atoms with Crippen LogP contribution in [0.4, 0.5) is 0 Å². The van der Waals surface area contributed by atoms with Crippen molar-refractivity contribution in [2.75, 3.05) is 7.05 Å². The molecule has 0 spiro atoms. The molecule has 0 unspecified atom stereocenters. The van der Waals surface area contributed by atoms with E-state index in [2.05, 4.69) is 9.97 Å². The van der Waals surface area contributed by atoms with Crippen molar-refractivity contribution in [3.8, 4) is 0 Å². The van der Waals surface area contributed by atoms with Crippen molar-refractivity contribution in [2.45, 2.75) is 25.9 Å². The molecular weight excluding hydrogens is 404 g/mol. The highest BCUT2D eigenvalue weighted by Crippen LogP contribution is 2.22. The van der Waals surface area contributed by atoms with E-state index in [1.807, 2.05) is 24.3 Å². The minimum Gasteiger partial charge on any atom is -0.339 e. The van der Waals surface area contributed by atoms with Crippen LogP contribution in [0.15, 0.2) is 40.2 Å². The Morgan fingerprint density at radius 1 is 1.17 bits per heavy atom. The second kappa shape index (κ2) is 7.86. The molecule has 0 radical (unpaired) electrons. The Morgan fingerprint density at radius 3 is 2.70 bits per heavy atom. The fourth-order valence-corrected chi connectivity index (χ4v) is 4.46. The Kier molecular flexibility index (Phi) is 5.25. The lowest BCUT2D eigenvalue weighted by Crippen LogP contribution is -2.37. The minimum atomic E-state index is -0.413. The standard InChI is InChI=1S/C20H22N6O3S/c1-23(11-15-22-13-7-4-5-8-14(13)30-15)16(27)9-6-10-26-12-21-18-17(26)19(28)25(3)20(29)24(18)2/h4-5,7-8,12H,6,9-11H2,1-3H3. The van der Waals surface area contributed by atoms with Crippen LogP contribution in [-0.2, 0) is 32.0 Å². The van der Waals surface area contributed by atoms with Crippen molar-refractivity contribution in [3.05, 3.63) is 56.4 Å². The largest absolute Gasteiger partial charge is 0.339 e. The predicted molar refractivity (Wildman–Crippen MR) is 116 cm³/mol. The molecule has 3 aromatic heterocycles. The number of benzene rings is 1. The van der Waals surface area contributed by atoms with E-state index in [0.717, 1.165) is 19.8 Å². The third-order valence-corrected chi connectivity index (χ3v) is 6.16. The van der Waals surface area contributed by atoms with Crippen molar-refractivity contribution < 1.29 is 4.79 Å². The van der Waals surface area contributed by atoms with Crippen LogP contribution in [0.5, 0.6) is 0 Å². The highest BCUT2D eigenvalue weighted by Gasteiger charge is 2.15. The van der Waals surface area contributed by atoms with Crippen LogP contribution < -0.4 is 11.2 Å². The Hall–Kier alpha value is -3.27. The Morgan fingerprint density at radius 2 is 1.93 bits per heavy atom. The summed E-state index contributed by atoms with van der Waals surface area (Å²) < 4.78 is 5.23. The molecule has 0 aliphatic rings. The first-order chi connectivity index (χ1) is 14.4. The highest BCUT2D eigenvalue weighted by molar-refractivity contribution is 7.18. The average Bonchev–Trinajstić information content (AvgIpc) is 3.34. The molecule has 0 atom stereocenters. The molecule has 1 aromatic carbocycles. The molecule has 30 heavy (non-hydrogen) atoms. The van der Waals surface area contributed by atoms with Crippen LogP contribution in [0.3, 0.4) is 0 Å². The molecule has 9 nitrogen and oxygen atoms in total. The summed E-state index contributed by atoms with van der Waals surface area (Å²) in [5.74, 6) is 0.0129. The van der Waals surface area contributed by atoms with Crippen LogP contribution in [0.1, 0.15) is 17.8 Å². The number of amides is 1. The van der Waals surface area contributed by atoms with E-state index in [0.29, 0.717) is 37.1 Å². The molecule has 3 heterocycles. The van der Waals surface area contributed by atoms with Gasteiger partial charge in [0.05, 0.1) is 23.1 Å². The first-order valence-corrected chi connectivity index (χ1v) is 10.4. The quantitative estimate of drug-likeness (QED) is 0.465. The van der Waals surface area contributed by atoms with E-state index in [1.165, 1.54) is 11.6 Å². The van der Waals surface area contributed by atoms with E-state index < -0.39 is 5.69 Å².